The maximum absolute atomic E-state index is 2.39. The predicted octanol–water partition coefficient (Wildman–Crippen LogP) is 8.64. The van der Waals surface area contributed by atoms with Crippen molar-refractivity contribution >= 4 is 11.8 Å². The first-order chi connectivity index (χ1) is 12.2. The van der Waals surface area contributed by atoms with Gasteiger partial charge in [-0.05, 0) is 69.0 Å². The Morgan fingerprint density at radius 1 is 0.720 bits per heavy atom. The number of hydrogen-bond acceptors (Lipinski definition) is 1. The molecule has 2 aliphatic rings. The summed E-state index contributed by atoms with van der Waals surface area (Å²) >= 11 is 2.21. The van der Waals surface area contributed by atoms with Gasteiger partial charge in [0, 0.05) is 4.75 Å². The van der Waals surface area contributed by atoms with Gasteiger partial charge in [-0.3, -0.25) is 0 Å². The molecule has 0 aromatic heterocycles. The van der Waals surface area contributed by atoms with Gasteiger partial charge in [-0.15, -0.1) is 0 Å². The maximum atomic E-state index is 2.39. The van der Waals surface area contributed by atoms with Crippen molar-refractivity contribution in [1.29, 1.82) is 0 Å². The van der Waals surface area contributed by atoms with Gasteiger partial charge in [-0.1, -0.05) is 78.1 Å². The molecule has 0 atom stereocenters. The van der Waals surface area contributed by atoms with Gasteiger partial charge in [0.25, 0.3) is 0 Å². The quantitative estimate of drug-likeness (QED) is 0.330. The van der Waals surface area contributed by atoms with Crippen molar-refractivity contribution in [3.8, 4) is 0 Å². The molecule has 0 N–H and O–H groups in total. The van der Waals surface area contributed by atoms with Crippen LogP contribution in [0.3, 0.4) is 0 Å². The molecule has 0 saturated heterocycles. The van der Waals surface area contributed by atoms with E-state index in [4.69, 9.17) is 0 Å². The minimum atomic E-state index is 0.654. The smallest absolute Gasteiger partial charge is 0.0157 e. The van der Waals surface area contributed by atoms with Crippen LogP contribution in [0.2, 0.25) is 0 Å². The molecule has 0 nitrogen and oxygen atoms in total. The number of unbranched alkanes of at least 4 members (excludes halogenated alkanes) is 5. The lowest BCUT2D eigenvalue weighted by Crippen LogP contribution is -2.34. The van der Waals surface area contributed by atoms with Crippen molar-refractivity contribution in [3.63, 3.8) is 0 Å². The Bertz CT molecular complexity index is 321. The number of thioether (sulfide) groups is 1. The highest BCUT2D eigenvalue weighted by Crippen LogP contribution is 2.48. The fraction of sp³-hybridized carbons (Fsp3) is 1.00. The van der Waals surface area contributed by atoms with E-state index in [2.05, 4.69) is 31.9 Å². The van der Waals surface area contributed by atoms with Crippen LogP contribution in [-0.2, 0) is 0 Å². The van der Waals surface area contributed by atoms with Crippen molar-refractivity contribution in [1.82, 2.24) is 0 Å². The van der Waals surface area contributed by atoms with Crippen LogP contribution >= 0.6 is 11.8 Å². The first-order valence-corrected chi connectivity index (χ1v) is 13.0. The van der Waals surface area contributed by atoms with Crippen LogP contribution < -0.4 is 0 Å². The van der Waals surface area contributed by atoms with E-state index in [1.54, 1.807) is 38.5 Å². The van der Waals surface area contributed by atoms with Gasteiger partial charge >= 0.3 is 0 Å². The van der Waals surface area contributed by atoms with Crippen molar-refractivity contribution in [2.75, 3.05) is 6.26 Å². The third-order valence-electron chi connectivity index (χ3n) is 7.63. The Labute approximate surface area is 163 Å². The van der Waals surface area contributed by atoms with Gasteiger partial charge < -0.3 is 0 Å². The zero-order valence-corrected chi connectivity index (χ0v) is 18.5. The maximum Gasteiger partial charge on any atom is 0.0157 e. The Kier molecular flexibility index (Phi) is 10.3. The van der Waals surface area contributed by atoms with Gasteiger partial charge in [-0.25, -0.2) is 0 Å². The van der Waals surface area contributed by atoms with Gasteiger partial charge in [0.2, 0.25) is 0 Å². The number of hydrogen-bond donors (Lipinski definition) is 0. The van der Waals surface area contributed by atoms with Crippen LogP contribution in [0.4, 0.5) is 0 Å². The van der Waals surface area contributed by atoms with Gasteiger partial charge in [-0.2, -0.15) is 11.8 Å². The Morgan fingerprint density at radius 2 is 1.32 bits per heavy atom. The summed E-state index contributed by atoms with van der Waals surface area (Å²) in [6.07, 6.45) is 27.8. The molecular formula is C24H46S. The van der Waals surface area contributed by atoms with E-state index in [-0.39, 0.29) is 0 Å². The lowest BCUT2D eigenvalue weighted by molar-refractivity contribution is 0.148. The van der Waals surface area contributed by atoms with Gasteiger partial charge in [0.05, 0.1) is 0 Å². The van der Waals surface area contributed by atoms with Crippen LogP contribution in [0.5, 0.6) is 0 Å². The van der Waals surface area contributed by atoms with E-state index in [0.29, 0.717) is 4.75 Å². The SMILES string of the molecule is CCCCCCC1(SC)CCC(C2CCC(CCCCC)CC2)CC1. The fourth-order valence-corrected chi connectivity index (χ4v) is 6.69. The number of rotatable bonds is 11. The highest BCUT2D eigenvalue weighted by atomic mass is 32.2. The molecule has 0 amide bonds. The van der Waals surface area contributed by atoms with Crippen molar-refractivity contribution < 1.29 is 0 Å². The van der Waals surface area contributed by atoms with Crippen LogP contribution in [0.1, 0.15) is 123 Å². The van der Waals surface area contributed by atoms with E-state index in [1.165, 1.54) is 70.6 Å². The molecule has 0 aromatic carbocycles. The highest BCUT2D eigenvalue weighted by molar-refractivity contribution is 8.00. The zero-order valence-electron chi connectivity index (χ0n) is 17.7. The lowest BCUT2D eigenvalue weighted by atomic mass is 9.68. The average Bonchev–Trinajstić information content (AvgIpc) is 2.67. The van der Waals surface area contributed by atoms with Crippen molar-refractivity contribution in [3.05, 3.63) is 0 Å². The summed E-state index contributed by atoms with van der Waals surface area (Å²) in [4.78, 5) is 0. The lowest BCUT2D eigenvalue weighted by Gasteiger charge is -2.43. The second-order valence-electron chi connectivity index (χ2n) is 9.31. The highest BCUT2D eigenvalue weighted by Gasteiger charge is 2.37. The molecule has 0 unspecified atom stereocenters. The topological polar surface area (TPSA) is 0 Å². The Morgan fingerprint density at radius 3 is 1.92 bits per heavy atom. The minimum absolute atomic E-state index is 0.654. The van der Waals surface area contributed by atoms with E-state index < -0.39 is 0 Å². The third kappa shape index (κ3) is 7.11. The Hall–Kier alpha value is 0.350. The zero-order chi connectivity index (χ0) is 18.0. The summed E-state index contributed by atoms with van der Waals surface area (Å²) in [7, 11) is 0. The Balaban J connectivity index is 1.67. The largest absolute Gasteiger partial charge is 0.159 e. The molecule has 0 heterocycles. The van der Waals surface area contributed by atoms with Crippen LogP contribution in [-0.4, -0.2) is 11.0 Å². The molecule has 148 valence electrons. The van der Waals surface area contributed by atoms with E-state index in [0.717, 1.165) is 17.8 Å². The average molecular weight is 367 g/mol. The third-order valence-corrected chi connectivity index (χ3v) is 9.11. The molecule has 0 bridgehead atoms. The molecule has 0 spiro atoms. The molecule has 2 fully saturated rings. The van der Waals surface area contributed by atoms with E-state index >= 15 is 0 Å². The summed E-state index contributed by atoms with van der Waals surface area (Å²) in [6.45, 7) is 4.66. The molecule has 25 heavy (non-hydrogen) atoms. The summed E-state index contributed by atoms with van der Waals surface area (Å²) in [5, 5.41) is 0. The summed E-state index contributed by atoms with van der Waals surface area (Å²) < 4.78 is 0.654. The molecule has 1 heteroatoms. The molecule has 2 saturated carbocycles. The molecular weight excluding hydrogens is 320 g/mol. The van der Waals surface area contributed by atoms with E-state index in [1.807, 2.05) is 0 Å². The second kappa shape index (κ2) is 11.9. The molecule has 0 radical (unpaired) electrons. The van der Waals surface area contributed by atoms with Crippen LogP contribution in [0, 0.1) is 17.8 Å². The molecule has 2 rings (SSSR count). The molecule has 0 aliphatic heterocycles. The van der Waals surface area contributed by atoms with Gasteiger partial charge in [0.15, 0.2) is 0 Å². The van der Waals surface area contributed by atoms with Crippen molar-refractivity contribution in [2.45, 2.75) is 128 Å². The monoisotopic (exact) mass is 366 g/mol. The summed E-state index contributed by atoms with van der Waals surface area (Å²) in [5.74, 6) is 3.24. The standard InChI is InChI=1S/C24H46S/c1-4-6-8-10-18-24(25-3)19-16-23(17-20-24)22-14-12-21(13-15-22)11-9-7-5-2/h21-23H,4-20H2,1-3H3. The van der Waals surface area contributed by atoms with Crippen LogP contribution in [0.15, 0.2) is 0 Å². The minimum Gasteiger partial charge on any atom is -0.159 e. The fourth-order valence-electron chi connectivity index (χ4n) is 5.70. The van der Waals surface area contributed by atoms with E-state index in [9.17, 15) is 0 Å². The van der Waals surface area contributed by atoms with Crippen LogP contribution in [0.25, 0.3) is 0 Å². The van der Waals surface area contributed by atoms with Crippen molar-refractivity contribution in [2.24, 2.45) is 17.8 Å². The summed E-state index contributed by atoms with van der Waals surface area (Å²) in [5.41, 5.74) is 0. The first kappa shape index (κ1) is 21.6. The normalized spacial score (nSPS) is 33.5. The predicted molar refractivity (Wildman–Crippen MR) is 117 cm³/mol. The summed E-state index contributed by atoms with van der Waals surface area (Å²) in [6, 6.07) is 0. The molecule has 2 aliphatic carbocycles. The van der Waals surface area contributed by atoms with Gasteiger partial charge in [0.1, 0.15) is 0 Å². The second-order valence-corrected chi connectivity index (χ2v) is 10.6. The first-order valence-electron chi connectivity index (χ1n) is 11.8. The molecule has 0 aromatic rings.